The summed E-state index contributed by atoms with van der Waals surface area (Å²) in [6.07, 6.45) is 2.06. The maximum absolute atomic E-state index is 11.0. The normalized spacial score (nSPS) is 12.8. The van der Waals surface area contributed by atoms with Gasteiger partial charge in [0.1, 0.15) is 0 Å². The monoisotopic (exact) mass is 185 g/mol. The lowest BCUT2D eigenvalue weighted by Crippen LogP contribution is -2.13. The van der Waals surface area contributed by atoms with Gasteiger partial charge in [-0.3, -0.25) is 0 Å². The third-order valence-electron chi connectivity index (χ3n) is 1.32. The molecule has 0 aliphatic heterocycles. The molecule has 0 fully saturated rings. The van der Waals surface area contributed by atoms with Gasteiger partial charge in [-0.25, -0.2) is 4.79 Å². The van der Waals surface area contributed by atoms with Gasteiger partial charge in [0.25, 0.3) is 0 Å². The molecule has 0 amide bonds. The van der Waals surface area contributed by atoms with Crippen molar-refractivity contribution in [3.8, 4) is 0 Å². The van der Waals surface area contributed by atoms with Crippen molar-refractivity contribution in [1.29, 1.82) is 0 Å². The number of hydrogen-bond donors (Lipinski definition) is 1. The van der Waals surface area contributed by atoms with Crippen molar-refractivity contribution < 1.29 is 9.53 Å². The number of nitrogens with two attached hydrogens (primary N) is 1. The molecule has 0 aliphatic carbocycles. The fourth-order valence-corrected chi connectivity index (χ4v) is 0.999. The van der Waals surface area contributed by atoms with Gasteiger partial charge in [-0.05, 0) is 18.8 Å². The first-order valence-corrected chi connectivity index (χ1v) is 4.48. The Hall–Kier alpha value is -0.990. The summed E-state index contributed by atoms with van der Waals surface area (Å²) in [5.74, 6) is -0.357. The highest BCUT2D eigenvalue weighted by Gasteiger charge is 2.12. The number of carbonyl (C=O) groups is 1. The van der Waals surface area contributed by atoms with E-state index in [1.54, 1.807) is 6.92 Å². The highest BCUT2D eigenvalue weighted by molar-refractivity contribution is 5.82. The average molecular weight is 185 g/mol. The van der Waals surface area contributed by atoms with Crippen molar-refractivity contribution in [3.05, 3.63) is 11.8 Å². The van der Waals surface area contributed by atoms with Crippen LogP contribution >= 0.6 is 0 Å². The van der Waals surface area contributed by atoms with Crippen LogP contribution in [0, 0.1) is 5.41 Å². The maximum atomic E-state index is 11.0. The molecule has 0 aromatic carbocycles. The second-order valence-electron chi connectivity index (χ2n) is 4.21. The molecule has 3 heteroatoms. The zero-order valence-corrected chi connectivity index (χ0v) is 8.89. The van der Waals surface area contributed by atoms with Gasteiger partial charge in [0.2, 0.25) is 0 Å². The van der Waals surface area contributed by atoms with E-state index in [2.05, 4.69) is 20.8 Å². The van der Waals surface area contributed by atoms with Crippen LogP contribution < -0.4 is 5.73 Å². The van der Waals surface area contributed by atoms with E-state index in [4.69, 9.17) is 10.5 Å². The van der Waals surface area contributed by atoms with E-state index in [1.807, 2.05) is 0 Å². The van der Waals surface area contributed by atoms with E-state index < -0.39 is 0 Å². The molecular formula is C10H19NO2. The van der Waals surface area contributed by atoms with Gasteiger partial charge >= 0.3 is 5.97 Å². The zero-order chi connectivity index (χ0) is 10.5. The van der Waals surface area contributed by atoms with Crippen LogP contribution in [0.1, 0.15) is 34.1 Å². The van der Waals surface area contributed by atoms with E-state index in [9.17, 15) is 4.79 Å². The highest BCUT2D eigenvalue weighted by Crippen LogP contribution is 2.21. The number of esters is 1. The summed E-state index contributed by atoms with van der Waals surface area (Å²) in [5.41, 5.74) is 6.33. The molecule has 0 bridgehead atoms. The highest BCUT2D eigenvalue weighted by atomic mass is 16.5. The summed E-state index contributed by atoms with van der Waals surface area (Å²) in [6, 6.07) is 0. The molecule has 0 rings (SSSR count). The Labute approximate surface area is 79.9 Å². The van der Waals surface area contributed by atoms with Crippen LogP contribution in [0.4, 0.5) is 0 Å². The number of carbonyl (C=O) groups excluding carboxylic acids is 1. The van der Waals surface area contributed by atoms with Crippen LogP contribution in [0.15, 0.2) is 11.8 Å². The maximum Gasteiger partial charge on any atom is 0.332 e. The summed E-state index contributed by atoms with van der Waals surface area (Å²) in [7, 11) is 0. The van der Waals surface area contributed by atoms with Crippen molar-refractivity contribution in [2.24, 2.45) is 11.1 Å². The first kappa shape index (κ1) is 12.0. The van der Waals surface area contributed by atoms with Crippen molar-refractivity contribution in [3.63, 3.8) is 0 Å². The molecule has 0 atom stereocenters. The summed E-state index contributed by atoms with van der Waals surface area (Å²) >= 11 is 0. The van der Waals surface area contributed by atoms with Gasteiger partial charge < -0.3 is 10.5 Å². The van der Waals surface area contributed by atoms with Crippen LogP contribution in [0.5, 0.6) is 0 Å². The Morgan fingerprint density at radius 1 is 1.46 bits per heavy atom. The van der Waals surface area contributed by atoms with Crippen molar-refractivity contribution in [2.75, 3.05) is 6.61 Å². The molecular weight excluding hydrogens is 166 g/mol. The standard InChI is InChI=1S/C10H19NO2/c1-5-13-9(12)6-8(11)7-10(2,3)4/h6H,5,7,11H2,1-4H3/b8-6-. The minimum absolute atomic E-state index is 0.104. The molecule has 0 saturated heterocycles. The van der Waals surface area contributed by atoms with E-state index >= 15 is 0 Å². The molecule has 0 radical (unpaired) electrons. The summed E-state index contributed by atoms with van der Waals surface area (Å²) in [5, 5.41) is 0. The molecule has 0 saturated carbocycles. The minimum atomic E-state index is -0.357. The lowest BCUT2D eigenvalue weighted by Gasteiger charge is -2.17. The lowest BCUT2D eigenvalue weighted by atomic mass is 9.90. The van der Waals surface area contributed by atoms with Crippen molar-refractivity contribution >= 4 is 5.97 Å². The predicted octanol–water partition coefficient (Wildman–Crippen LogP) is 1.83. The molecule has 0 aromatic rings. The quantitative estimate of drug-likeness (QED) is 0.539. The van der Waals surface area contributed by atoms with E-state index in [-0.39, 0.29) is 11.4 Å². The smallest absolute Gasteiger partial charge is 0.332 e. The first-order chi connectivity index (χ1) is 5.85. The van der Waals surface area contributed by atoms with Gasteiger partial charge in [0.15, 0.2) is 0 Å². The SMILES string of the molecule is CCOC(=O)/C=C(\N)CC(C)(C)C. The number of allylic oxidation sites excluding steroid dienone is 1. The number of ether oxygens (including phenoxy) is 1. The Morgan fingerprint density at radius 2 is 2.00 bits per heavy atom. The van der Waals surface area contributed by atoms with Gasteiger partial charge in [0.05, 0.1) is 6.61 Å². The summed E-state index contributed by atoms with van der Waals surface area (Å²) < 4.78 is 4.73. The van der Waals surface area contributed by atoms with Gasteiger partial charge in [0, 0.05) is 11.8 Å². The fourth-order valence-electron chi connectivity index (χ4n) is 0.999. The largest absolute Gasteiger partial charge is 0.463 e. The van der Waals surface area contributed by atoms with Gasteiger partial charge in [-0.2, -0.15) is 0 Å². The third-order valence-corrected chi connectivity index (χ3v) is 1.32. The number of hydrogen-bond acceptors (Lipinski definition) is 3. The summed E-state index contributed by atoms with van der Waals surface area (Å²) in [4.78, 5) is 11.0. The minimum Gasteiger partial charge on any atom is -0.463 e. The van der Waals surface area contributed by atoms with E-state index in [0.29, 0.717) is 18.7 Å². The van der Waals surface area contributed by atoms with Crippen LogP contribution in [0.3, 0.4) is 0 Å². The molecule has 76 valence electrons. The zero-order valence-electron chi connectivity index (χ0n) is 8.89. The van der Waals surface area contributed by atoms with E-state index in [0.717, 1.165) is 0 Å². The second kappa shape index (κ2) is 4.90. The van der Waals surface area contributed by atoms with Gasteiger partial charge in [-0.15, -0.1) is 0 Å². The molecule has 0 unspecified atom stereocenters. The Kier molecular flexibility index (Phi) is 4.52. The van der Waals surface area contributed by atoms with Crippen molar-refractivity contribution in [1.82, 2.24) is 0 Å². The first-order valence-electron chi connectivity index (χ1n) is 4.48. The summed E-state index contributed by atoms with van der Waals surface area (Å²) in [6.45, 7) is 8.36. The van der Waals surface area contributed by atoms with Gasteiger partial charge in [-0.1, -0.05) is 20.8 Å². The molecule has 13 heavy (non-hydrogen) atoms. The Morgan fingerprint density at radius 3 is 2.38 bits per heavy atom. The molecule has 0 spiro atoms. The molecule has 0 aromatic heterocycles. The van der Waals surface area contributed by atoms with Crippen molar-refractivity contribution in [2.45, 2.75) is 34.1 Å². The van der Waals surface area contributed by atoms with Crippen LogP contribution in [0.25, 0.3) is 0 Å². The van der Waals surface area contributed by atoms with Crippen LogP contribution in [0.2, 0.25) is 0 Å². The predicted molar refractivity (Wildman–Crippen MR) is 53.0 cm³/mol. The Balaban J connectivity index is 4.09. The molecule has 0 aliphatic rings. The Bertz CT molecular complexity index is 201. The average Bonchev–Trinajstić information content (AvgIpc) is 1.81. The third kappa shape index (κ3) is 7.37. The molecule has 0 heterocycles. The second-order valence-corrected chi connectivity index (χ2v) is 4.21. The molecule has 3 nitrogen and oxygen atoms in total. The van der Waals surface area contributed by atoms with Crippen LogP contribution in [-0.4, -0.2) is 12.6 Å². The topological polar surface area (TPSA) is 52.3 Å². The number of rotatable bonds is 3. The van der Waals surface area contributed by atoms with E-state index in [1.165, 1.54) is 6.08 Å². The van der Waals surface area contributed by atoms with Crippen LogP contribution in [-0.2, 0) is 9.53 Å². The molecule has 2 N–H and O–H groups in total. The fraction of sp³-hybridized carbons (Fsp3) is 0.700. The lowest BCUT2D eigenvalue weighted by molar-refractivity contribution is -0.137.